The van der Waals surface area contributed by atoms with Crippen LogP contribution in [0.1, 0.15) is 68.8 Å². The number of amides is 1. The van der Waals surface area contributed by atoms with Gasteiger partial charge in [-0.15, -0.1) is 0 Å². The summed E-state index contributed by atoms with van der Waals surface area (Å²) in [4.78, 5) is 34.3. The molecule has 0 aliphatic carbocycles. The third kappa shape index (κ3) is 6.62. The number of carbonyl (C=O) groups excluding carboxylic acids is 2. The van der Waals surface area contributed by atoms with Gasteiger partial charge in [0.05, 0.1) is 12.6 Å². The quantitative estimate of drug-likeness (QED) is 0.239. The summed E-state index contributed by atoms with van der Waals surface area (Å²) < 4.78 is 20.4. The van der Waals surface area contributed by atoms with Crippen LogP contribution in [-0.4, -0.2) is 47.6 Å². The zero-order valence-electron chi connectivity index (χ0n) is 25.2. The molecule has 2 unspecified atom stereocenters. The van der Waals surface area contributed by atoms with Crippen molar-refractivity contribution in [2.24, 2.45) is 10.9 Å². The molecule has 0 aromatic heterocycles. The van der Waals surface area contributed by atoms with Gasteiger partial charge in [0.15, 0.2) is 0 Å². The maximum absolute atomic E-state index is 15.5. The Balaban J connectivity index is 1.69. The second-order valence-corrected chi connectivity index (χ2v) is 10.8. The van der Waals surface area contributed by atoms with Gasteiger partial charge in [-0.1, -0.05) is 69.3 Å². The Morgan fingerprint density at radius 1 is 1.19 bits per heavy atom. The maximum Gasteiger partial charge on any atom is 0.330 e. The molecule has 2 atom stereocenters. The highest BCUT2D eigenvalue weighted by Gasteiger charge is 2.32. The van der Waals surface area contributed by atoms with Crippen LogP contribution in [0.4, 0.5) is 4.39 Å². The van der Waals surface area contributed by atoms with Crippen LogP contribution in [0.5, 0.6) is 0 Å². The molecule has 2 heterocycles. The third-order valence-corrected chi connectivity index (χ3v) is 7.92. The number of fused-ring (bicyclic) bond motifs is 1. The van der Waals surface area contributed by atoms with Gasteiger partial charge in [0.25, 0.3) is 5.91 Å². The number of nitrogens with zero attached hydrogens (tertiary/aromatic N) is 3. The SMILES string of the molecule is C=C(/C=C1/N=C(C(=O)N2CCc3ccccc3C2C)C=C(C(C)CCC)N1C)c1cccc(/C=C/C(=O)OCC)c1F. The molecule has 2 aromatic carbocycles. The number of hydrogen-bond acceptors (Lipinski definition) is 5. The minimum Gasteiger partial charge on any atom is -0.463 e. The van der Waals surface area contributed by atoms with Crippen LogP contribution in [0.15, 0.2) is 83.8 Å². The van der Waals surface area contributed by atoms with Gasteiger partial charge < -0.3 is 14.5 Å². The summed E-state index contributed by atoms with van der Waals surface area (Å²) >= 11 is 0. The fourth-order valence-electron chi connectivity index (χ4n) is 5.60. The number of ether oxygens (including phenoxy) is 1. The van der Waals surface area contributed by atoms with Crippen molar-refractivity contribution in [3.63, 3.8) is 0 Å². The van der Waals surface area contributed by atoms with Gasteiger partial charge in [0.1, 0.15) is 17.3 Å². The van der Waals surface area contributed by atoms with E-state index in [-0.39, 0.29) is 35.6 Å². The zero-order chi connectivity index (χ0) is 30.4. The first-order valence-electron chi connectivity index (χ1n) is 14.6. The Hall–Kier alpha value is -4.26. The van der Waals surface area contributed by atoms with Crippen LogP contribution < -0.4 is 0 Å². The summed E-state index contributed by atoms with van der Waals surface area (Å²) in [5.74, 6) is -0.469. The first kappa shape index (κ1) is 30.7. The predicted octanol–water partition coefficient (Wildman–Crippen LogP) is 7.11. The van der Waals surface area contributed by atoms with Crippen molar-refractivity contribution in [1.82, 2.24) is 9.80 Å². The van der Waals surface area contributed by atoms with Gasteiger partial charge in [0.2, 0.25) is 0 Å². The van der Waals surface area contributed by atoms with E-state index < -0.39 is 11.8 Å². The molecule has 0 bridgehead atoms. The Morgan fingerprint density at radius 2 is 1.95 bits per heavy atom. The summed E-state index contributed by atoms with van der Waals surface area (Å²) in [6.45, 7) is 13.0. The van der Waals surface area contributed by atoms with E-state index in [1.165, 1.54) is 17.7 Å². The number of esters is 1. The molecule has 0 saturated heterocycles. The van der Waals surface area contributed by atoms with Crippen LogP contribution in [0.3, 0.4) is 0 Å². The molecule has 2 aromatic rings. The fraction of sp³-hybridized carbons (Fsp3) is 0.343. The van der Waals surface area contributed by atoms with Crippen LogP contribution in [0.2, 0.25) is 0 Å². The van der Waals surface area contributed by atoms with E-state index in [9.17, 15) is 9.59 Å². The number of hydrogen-bond donors (Lipinski definition) is 0. The summed E-state index contributed by atoms with van der Waals surface area (Å²) in [6.07, 6.45) is 8.95. The average molecular weight is 570 g/mol. The average Bonchev–Trinajstić information content (AvgIpc) is 2.98. The second kappa shape index (κ2) is 13.6. The highest BCUT2D eigenvalue weighted by Crippen LogP contribution is 2.33. The normalized spacial score (nSPS) is 18.4. The number of aliphatic imine (C=N–C) groups is 1. The van der Waals surface area contributed by atoms with Crippen LogP contribution in [0, 0.1) is 11.7 Å². The molecule has 0 N–H and O–H groups in total. The summed E-state index contributed by atoms with van der Waals surface area (Å²) in [5.41, 5.74) is 4.70. The molecule has 0 spiro atoms. The molecule has 6 nitrogen and oxygen atoms in total. The van der Waals surface area contributed by atoms with Crippen molar-refractivity contribution in [3.8, 4) is 0 Å². The summed E-state index contributed by atoms with van der Waals surface area (Å²) in [7, 11) is 1.91. The molecule has 0 saturated carbocycles. The Morgan fingerprint density at radius 3 is 2.69 bits per heavy atom. The molecule has 42 heavy (non-hydrogen) atoms. The van der Waals surface area contributed by atoms with Gasteiger partial charge in [-0.3, -0.25) is 4.79 Å². The van der Waals surface area contributed by atoms with Gasteiger partial charge >= 0.3 is 5.97 Å². The van der Waals surface area contributed by atoms with Gasteiger partial charge in [-0.25, -0.2) is 14.2 Å². The van der Waals surface area contributed by atoms with Crippen molar-refractivity contribution < 1.29 is 18.7 Å². The first-order valence-corrected chi connectivity index (χ1v) is 14.6. The third-order valence-electron chi connectivity index (χ3n) is 7.92. The monoisotopic (exact) mass is 569 g/mol. The smallest absolute Gasteiger partial charge is 0.330 e. The number of rotatable bonds is 9. The molecule has 0 fully saturated rings. The van der Waals surface area contributed by atoms with Crippen LogP contribution in [-0.2, 0) is 20.7 Å². The van der Waals surface area contributed by atoms with Gasteiger partial charge in [-0.05, 0) is 67.5 Å². The Labute approximate surface area is 248 Å². The van der Waals surface area contributed by atoms with E-state index in [1.54, 1.807) is 31.2 Å². The fourth-order valence-corrected chi connectivity index (χ4v) is 5.60. The van der Waals surface area contributed by atoms with Gasteiger partial charge in [0, 0.05) is 36.5 Å². The van der Waals surface area contributed by atoms with Crippen molar-refractivity contribution in [2.75, 3.05) is 20.2 Å². The van der Waals surface area contributed by atoms with Gasteiger partial charge in [-0.2, -0.15) is 0 Å². The summed E-state index contributed by atoms with van der Waals surface area (Å²) in [5, 5.41) is 0. The van der Waals surface area contributed by atoms with E-state index in [2.05, 4.69) is 39.5 Å². The minimum absolute atomic E-state index is 0.0726. The molecule has 220 valence electrons. The second-order valence-electron chi connectivity index (χ2n) is 10.8. The van der Waals surface area contributed by atoms with E-state index >= 15 is 4.39 Å². The van der Waals surface area contributed by atoms with Crippen molar-refractivity contribution in [2.45, 2.75) is 53.0 Å². The number of carbonyl (C=O) groups is 2. The number of halogens is 1. The highest BCUT2D eigenvalue weighted by molar-refractivity contribution is 6.43. The predicted molar refractivity (Wildman–Crippen MR) is 167 cm³/mol. The lowest BCUT2D eigenvalue weighted by atomic mass is 9.93. The Bertz CT molecular complexity index is 1490. The van der Waals surface area contributed by atoms with E-state index in [0.29, 0.717) is 23.7 Å². The summed E-state index contributed by atoms with van der Waals surface area (Å²) in [6, 6.07) is 13.1. The maximum atomic E-state index is 15.5. The standard InChI is InChI=1S/C35H40FN3O3/c1-7-12-23(3)31-22-30(35(41)39-20-19-26-13-9-10-15-29(26)25(39)5)37-32(38(31)6)21-24(4)28-16-11-14-27(34(28)36)17-18-33(40)42-8-2/h9-11,13-18,21-23,25H,4,7-8,12,19-20H2,1-3,5-6H3/b18-17+,32-21-. The highest BCUT2D eigenvalue weighted by atomic mass is 19.1. The molecule has 4 rings (SSSR count). The number of benzene rings is 2. The number of allylic oxidation sites excluding steroid dienone is 3. The van der Waals surface area contributed by atoms with E-state index in [0.717, 1.165) is 30.5 Å². The zero-order valence-corrected chi connectivity index (χ0v) is 25.2. The lowest BCUT2D eigenvalue weighted by molar-refractivity contribution is -0.137. The topological polar surface area (TPSA) is 62.2 Å². The Kier molecular flexibility index (Phi) is 9.94. The molecule has 7 heteroatoms. The van der Waals surface area contributed by atoms with Crippen LogP contribution >= 0.6 is 0 Å². The molecule has 2 aliphatic rings. The van der Waals surface area contributed by atoms with E-state index in [4.69, 9.17) is 9.73 Å². The molecular weight excluding hydrogens is 529 g/mol. The minimum atomic E-state index is -0.536. The van der Waals surface area contributed by atoms with Crippen molar-refractivity contribution in [1.29, 1.82) is 0 Å². The molecule has 2 aliphatic heterocycles. The molecule has 0 radical (unpaired) electrons. The lowest BCUT2D eigenvalue weighted by Gasteiger charge is -2.37. The van der Waals surface area contributed by atoms with Crippen molar-refractivity contribution >= 4 is 29.2 Å². The molecule has 1 amide bonds. The van der Waals surface area contributed by atoms with Crippen molar-refractivity contribution in [3.05, 3.63) is 107 Å². The van der Waals surface area contributed by atoms with E-state index in [1.807, 2.05) is 35.1 Å². The molecular formula is C35H40FN3O3. The van der Waals surface area contributed by atoms with Crippen LogP contribution in [0.25, 0.3) is 11.6 Å². The largest absolute Gasteiger partial charge is 0.463 e. The first-order chi connectivity index (χ1) is 20.2. The lowest BCUT2D eigenvalue weighted by Crippen LogP contribution is -2.43.